The molecule has 0 saturated carbocycles. The van der Waals surface area contributed by atoms with E-state index >= 15 is 0 Å². The fourth-order valence-electron chi connectivity index (χ4n) is 1.75. The van der Waals surface area contributed by atoms with Gasteiger partial charge in [-0.2, -0.15) is 0 Å². The molecule has 0 heterocycles. The second kappa shape index (κ2) is 7.54. The zero-order chi connectivity index (χ0) is 13.5. The normalized spacial score (nSPS) is 12.7. The number of carboxylic acid groups (broad SMARTS) is 1. The highest BCUT2D eigenvalue weighted by molar-refractivity contribution is 9.10. The van der Waals surface area contributed by atoms with Crippen LogP contribution in [0, 0.1) is 11.8 Å². The Balaban J connectivity index is 2.29. The first-order valence-electron chi connectivity index (χ1n) is 6.18. The molecule has 0 aromatic heterocycles. The van der Waals surface area contributed by atoms with Gasteiger partial charge in [0, 0.05) is 11.0 Å². The molecule has 1 atom stereocenters. The van der Waals surface area contributed by atoms with E-state index in [0.29, 0.717) is 6.54 Å². The highest BCUT2D eigenvalue weighted by Gasteiger charge is 2.20. The van der Waals surface area contributed by atoms with E-state index in [4.69, 9.17) is 5.11 Å². The van der Waals surface area contributed by atoms with Crippen LogP contribution >= 0.6 is 15.9 Å². The molecular formula is C14H20BrNO2. The van der Waals surface area contributed by atoms with E-state index in [1.807, 2.05) is 26.0 Å². The molecule has 2 N–H and O–H groups in total. The summed E-state index contributed by atoms with van der Waals surface area (Å²) in [6, 6.07) is 8.18. The summed E-state index contributed by atoms with van der Waals surface area (Å²) in [6.45, 7) is 5.21. The van der Waals surface area contributed by atoms with Crippen LogP contribution < -0.4 is 5.32 Å². The smallest absolute Gasteiger partial charge is 0.308 e. The molecule has 1 aromatic carbocycles. The summed E-state index contributed by atoms with van der Waals surface area (Å²) < 4.78 is 1.07. The van der Waals surface area contributed by atoms with E-state index in [9.17, 15) is 4.79 Å². The molecule has 0 aliphatic rings. The lowest BCUT2D eigenvalue weighted by Crippen LogP contribution is -2.33. The predicted octanol–water partition coefficient (Wildman–Crippen LogP) is 2.94. The van der Waals surface area contributed by atoms with E-state index in [2.05, 4.69) is 33.4 Å². The molecule has 0 bridgehead atoms. The van der Waals surface area contributed by atoms with Crippen LogP contribution in [0.3, 0.4) is 0 Å². The Bertz CT molecular complexity index is 376. The second-order valence-electron chi connectivity index (χ2n) is 4.77. The summed E-state index contributed by atoms with van der Waals surface area (Å²) in [7, 11) is 0. The Labute approximate surface area is 117 Å². The molecular weight excluding hydrogens is 294 g/mol. The number of aliphatic carboxylic acids is 1. The van der Waals surface area contributed by atoms with Crippen LogP contribution in [0.15, 0.2) is 28.7 Å². The molecule has 0 spiro atoms. The third kappa shape index (κ3) is 5.19. The zero-order valence-corrected chi connectivity index (χ0v) is 12.4. The number of carboxylic acids is 1. The van der Waals surface area contributed by atoms with Crippen LogP contribution in [0.5, 0.6) is 0 Å². The van der Waals surface area contributed by atoms with Gasteiger partial charge in [-0.05, 0) is 36.6 Å². The predicted molar refractivity (Wildman–Crippen MR) is 76.7 cm³/mol. The Morgan fingerprint density at radius 3 is 2.44 bits per heavy atom. The maximum atomic E-state index is 11.0. The topological polar surface area (TPSA) is 49.3 Å². The summed E-state index contributed by atoms with van der Waals surface area (Å²) in [5.74, 6) is -0.876. The quantitative estimate of drug-likeness (QED) is 0.761. The number of rotatable bonds is 7. The standard InChI is InChI=1S/C14H20BrNO2/c1-10(2)13(14(17)18)9-16-8-7-11-3-5-12(15)6-4-11/h3-6,10,13,16H,7-9H2,1-2H3,(H,17,18). The molecule has 0 radical (unpaired) electrons. The molecule has 1 aromatic rings. The lowest BCUT2D eigenvalue weighted by molar-refractivity contribution is -0.143. The van der Waals surface area contributed by atoms with Crippen molar-refractivity contribution in [3.8, 4) is 0 Å². The monoisotopic (exact) mass is 313 g/mol. The number of hydrogen-bond acceptors (Lipinski definition) is 2. The van der Waals surface area contributed by atoms with E-state index in [-0.39, 0.29) is 11.8 Å². The number of halogens is 1. The number of hydrogen-bond donors (Lipinski definition) is 2. The van der Waals surface area contributed by atoms with Crippen LogP contribution in [-0.4, -0.2) is 24.2 Å². The fourth-order valence-corrected chi connectivity index (χ4v) is 2.01. The molecule has 18 heavy (non-hydrogen) atoms. The van der Waals surface area contributed by atoms with Crippen molar-refractivity contribution in [2.24, 2.45) is 11.8 Å². The van der Waals surface area contributed by atoms with Crippen LogP contribution in [0.1, 0.15) is 19.4 Å². The minimum absolute atomic E-state index is 0.155. The van der Waals surface area contributed by atoms with Gasteiger partial charge < -0.3 is 10.4 Å². The van der Waals surface area contributed by atoms with Crippen LogP contribution in [0.4, 0.5) is 0 Å². The highest BCUT2D eigenvalue weighted by atomic mass is 79.9. The van der Waals surface area contributed by atoms with Gasteiger partial charge in [0.2, 0.25) is 0 Å². The zero-order valence-electron chi connectivity index (χ0n) is 10.8. The van der Waals surface area contributed by atoms with Gasteiger partial charge in [0.25, 0.3) is 0 Å². The summed E-state index contributed by atoms with van der Waals surface area (Å²) >= 11 is 3.40. The van der Waals surface area contributed by atoms with Gasteiger partial charge in [-0.25, -0.2) is 0 Å². The molecule has 0 amide bonds. The molecule has 3 nitrogen and oxygen atoms in total. The average molecular weight is 314 g/mol. The Morgan fingerprint density at radius 1 is 1.33 bits per heavy atom. The van der Waals surface area contributed by atoms with Crippen molar-refractivity contribution in [2.75, 3.05) is 13.1 Å². The summed E-state index contributed by atoms with van der Waals surface area (Å²) in [6.07, 6.45) is 0.914. The van der Waals surface area contributed by atoms with Gasteiger partial charge in [0.05, 0.1) is 5.92 Å². The van der Waals surface area contributed by atoms with Crippen LogP contribution in [0.2, 0.25) is 0 Å². The van der Waals surface area contributed by atoms with Crippen molar-refractivity contribution < 1.29 is 9.90 Å². The minimum Gasteiger partial charge on any atom is -0.481 e. The van der Waals surface area contributed by atoms with Gasteiger partial charge in [-0.3, -0.25) is 4.79 Å². The summed E-state index contributed by atoms with van der Waals surface area (Å²) in [5, 5.41) is 12.3. The maximum absolute atomic E-state index is 11.0. The van der Waals surface area contributed by atoms with Crippen molar-refractivity contribution >= 4 is 21.9 Å². The highest BCUT2D eigenvalue weighted by Crippen LogP contribution is 2.11. The second-order valence-corrected chi connectivity index (χ2v) is 5.69. The molecule has 100 valence electrons. The van der Waals surface area contributed by atoms with Gasteiger partial charge in [0.1, 0.15) is 0 Å². The molecule has 0 saturated heterocycles. The van der Waals surface area contributed by atoms with Gasteiger partial charge >= 0.3 is 5.97 Å². The van der Waals surface area contributed by atoms with Crippen LogP contribution in [0.25, 0.3) is 0 Å². The van der Waals surface area contributed by atoms with Crippen molar-refractivity contribution in [3.63, 3.8) is 0 Å². The number of nitrogens with one attached hydrogen (secondary N) is 1. The number of carbonyl (C=O) groups is 1. The summed E-state index contributed by atoms with van der Waals surface area (Å²) in [4.78, 5) is 11.0. The first-order valence-corrected chi connectivity index (χ1v) is 6.98. The van der Waals surface area contributed by atoms with Crippen molar-refractivity contribution in [1.82, 2.24) is 5.32 Å². The maximum Gasteiger partial charge on any atom is 0.308 e. The van der Waals surface area contributed by atoms with Gasteiger partial charge in [-0.1, -0.05) is 41.9 Å². The van der Waals surface area contributed by atoms with Crippen molar-refractivity contribution in [3.05, 3.63) is 34.3 Å². The van der Waals surface area contributed by atoms with Gasteiger partial charge in [-0.15, -0.1) is 0 Å². The van der Waals surface area contributed by atoms with Crippen molar-refractivity contribution in [2.45, 2.75) is 20.3 Å². The molecule has 0 fully saturated rings. The van der Waals surface area contributed by atoms with Crippen molar-refractivity contribution in [1.29, 1.82) is 0 Å². The fraction of sp³-hybridized carbons (Fsp3) is 0.500. The van der Waals surface area contributed by atoms with Gasteiger partial charge in [0.15, 0.2) is 0 Å². The Hall–Kier alpha value is -0.870. The Kier molecular flexibility index (Phi) is 6.36. The van der Waals surface area contributed by atoms with E-state index < -0.39 is 5.97 Å². The number of benzene rings is 1. The molecule has 0 aliphatic heterocycles. The van der Waals surface area contributed by atoms with E-state index in [1.54, 1.807) is 0 Å². The average Bonchev–Trinajstić information content (AvgIpc) is 2.30. The third-order valence-corrected chi connectivity index (χ3v) is 3.52. The molecule has 1 rings (SSSR count). The first kappa shape index (κ1) is 15.2. The lowest BCUT2D eigenvalue weighted by atomic mass is 9.96. The largest absolute Gasteiger partial charge is 0.481 e. The summed E-state index contributed by atoms with van der Waals surface area (Å²) in [5.41, 5.74) is 1.25. The lowest BCUT2D eigenvalue weighted by Gasteiger charge is -2.16. The van der Waals surface area contributed by atoms with Crippen LogP contribution in [-0.2, 0) is 11.2 Å². The molecule has 1 unspecified atom stereocenters. The molecule has 0 aliphatic carbocycles. The SMILES string of the molecule is CC(C)C(CNCCc1ccc(Br)cc1)C(=O)O. The Morgan fingerprint density at radius 2 is 1.94 bits per heavy atom. The van der Waals surface area contributed by atoms with E-state index in [0.717, 1.165) is 17.4 Å². The first-order chi connectivity index (χ1) is 8.50. The molecule has 4 heteroatoms. The van der Waals surface area contributed by atoms with E-state index in [1.165, 1.54) is 5.56 Å². The third-order valence-electron chi connectivity index (χ3n) is 2.99. The minimum atomic E-state index is -0.721.